The van der Waals surface area contributed by atoms with Crippen molar-refractivity contribution in [2.75, 3.05) is 20.0 Å². The molecule has 140 valence electrons. The number of hydrogen-bond acceptors (Lipinski definition) is 5. The van der Waals surface area contributed by atoms with E-state index in [1.54, 1.807) is 20.4 Å². The number of thioether (sulfide) groups is 1. The molecule has 0 aliphatic heterocycles. The number of imidazole rings is 1. The van der Waals surface area contributed by atoms with Crippen molar-refractivity contribution in [1.82, 2.24) is 14.9 Å². The zero-order valence-electron chi connectivity index (χ0n) is 15.2. The largest absolute Gasteiger partial charge is 0.497 e. The van der Waals surface area contributed by atoms with Crippen LogP contribution in [0, 0.1) is 0 Å². The molecule has 0 spiro atoms. The van der Waals surface area contributed by atoms with Gasteiger partial charge in [0.25, 0.3) is 0 Å². The van der Waals surface area contributed by atoms with Gasteiger partial charge in [-0.15, -0.1) is 0 Å². The summed E-state index contributed by atoms with van der Waals surface area (Å²) < 4.78 is 12.4. The number of carbonyl (C=O) groups excluding carboxylic acids is 1. The van der Waals surface area contributed by atoms with E-state index in [9.17, 15) is 4.79 Å². The summed E-state index contributed by atoms with van der Waals surface area (Å²) in [7, 11) is 3.26. The van der Waals surface area contributed by atoms with Gasteiger partial charge in [-0.05, 0) is 29.8 Å². The summed E-state index contributed by atoms with van der Waals surface area (Å²) in [5, 5.41) is 3.67. The van der Waals surface area contributed by atoms with E-state index in [2.05, 4.69) is 10.3 Å². The molecule has 1 N–H and O–H groups in total. The van der Waals surface area contributed by atoms with Gasteiger partial charge in [-0.25, -0.2) is 4.98 Å². The van der Waals surface area contributed by atoms with Crippen LogP contribution < -0.4 is 14.8 Å². The first kappa shape index (κ1) is 18.8. The summed E-state index contributed by atoms with van der Waals surface area (Å²) in [6.07, 6.45) is 3.58. The van der Waals surface area contributed by atoms with Gasteiger partial charge < -0.3 is 14.8 Å². The second-order valence-electron chi connectivity index (χ2n) is 5.70. The molecule has 0 bridgehead atoms. The first-order valence-electron chi connectivity index (χ1n) is 8.40. The van der Waals surface area contributed by atoms with Crippen LogP contribution in [0.1, 0.15) is 5.56 Å². The molecule has 0 unspecified atom stereocenters. The van der Waals surface area contributed by atoms with Gasteiger partial charge in [-0.3, -0.25) is 9.36 Å². The summed E-state index contributed by atoms with van der Waals surface area (Å²) in [5.74, 6) is 1.78. The molecule has 0 aliphatic carbocycles. The van der Waals surface area contributed by atoms with Gasteiger partial charge in [-0.1, -0.05) is 30.0 Å². The quantitative estimate of drug-likeness (QED) is 0.605. The third kappa shape index (κ3) is 5.04. The highest BCUT2D eigenvalue weighted by molar-refractivity contribution is 7.99. The summed E-state index contributed by atoms with van der Waals surface area (Å²) in [5.41, 5.74) is 1.93. The van der Waals surface area contributed by atoms with E-state index in [-0.39, 0.29) is 11.7 Å². The molecule has 0 fully saturated rings. The Kier molecular flexibility index (Phi) is 6.38. The molecule has 27 heavy (non-hydrogen) atoms. The first-order chi connectivity index (χ1) is 13.2. The molecular weight excluding hydrogens is 362 g/mol. The van der Waals surface area contributed by atoms with E-state index < -0.39 is 0 Å². The second-order valence-corrected chi connectivity index (χ2v) is 6.64. The molecule has 0 saturated heterocycles. The number of amides is 1. The maximum absolute atomic E-state index is 12.2. The van der Waals surface area contributed by atoms with Crippen LogP contribution in [0.3, 0.4) is 0 Å². The average molecular weight is 383 g/mol. The zero-order chi connectivity index (χ0) is 19.1. The Bertz CT molecular complexity index is 911. The van der Waals surface area contributed by atoms with Crippen LogP contribution in [0.4, 0.5) is 0 Å². The minimum Gasteiger partial charge on any atom is -0.497 e. The Hall–Kier alpha value is -2.93. The summed E-state index contributed by atoms with van der Waals surface area (Å²) in [4.78, 5) is 16.5. The first-order valence-corrected chi connectivity index (χ1v) is 9.38. The van der Waals surface area contributed by atoms with Crippen molar-refractivity contribution >= 4 is 17.7 Å². The predicted octanol–water partition coefficient (Wildman–Crippen LogP) is 3.30. The fraction of sp³-hybridized carbons (Fsp3) is 0.200. The van der Waals surface area contributed by atoms with Crippen molar-refractivity contribution in [2.45, 2.75) is 11.7 Å². The Morgan fingerprint density at radius 1 is 1.11 bits per heavy atom. The van der Waals surface area contributed by atoms with Crippen molar-refractivity contribution in [3.8, 4) is 17.2 Å². The van der Waals surface area contributed by atoms with Crippen molar-refractivity contribution in [3.63, 3.8) is 0 Å². The Morgan fingerprint density at radius 2 is 1.85 bits per heavy atom. The van der Waals surface area contributed by atoms with E-state index in [4.69, 9.17) is 9.47 Å². The van der Waals surface area contributed by atoms with Crippen LogP contribution in [0.15, 0.2) is 66.1 Å². The molecule has 0 saturated carbocycles. The molecule has 2 aromatic carbocycles. The lowest BCUT2D eigenvalue weighted by Crippen LogP contribution is -2.24. The lowest BCUT2D eigenvalue weighted by molar-refractivity contribution is -0.118. The van der Waals surface area contributed by atoms with Gasteiger partial charge in [0.15, 0.2) is 5.16 Å². The molecular formula is C20H21N3O3S. The highest BCUT2D eigenvalue weighted by Crippen LogP contribution is 2.23. The lowest BCUT2D eigenvalue weighted by atomic mass is 10.2. The molecule has 1 amide bonds. The Balaban J connectivity index is 1.57. The maximum Gasteiger partial charge on any atom is 0.230 e. The zero-order valence-corrected chi connectivity index (χ0v) is 16.0. The minimum absolute atomic E-state index is 0.0528. The van der Waals surface area contributed by atoms with Crippen molar-refractivity contribution in [2.24, 2.45) is 0 Å². The fourth-order valence-electron chi connectivity index (χ4n) is 2.52. The predicted molar refractivity (Wildman–Crippen MR) is 106 cm³/mol. The third-order valence-electron chi connectivity index (χ3n) is 3.89. The molecule has 3 rings (SSSR count). The number of hydrogen-bond donors (Lipinski definition) is 1. The highest BCUT2D eigenvalue weighted by Gasteiger charge is 2.10. The van der Waals surface area contributed by atoms with Crippen LogP contribution >= 0.6 is 11.8 Å². The number of benzene rings is 2. The second kappa shape index (κ2) is 9.14. The van der Waals surface area contributed by atoms with Crippen LogP contribution in [-0.2, 0) is 11.3 Å². The summed E-state index contributed by atoms with van der Waals surface area (Å²) in [6, 6.07) is 15.3. The third-order valence-corrected chi connectivity index (χ3v) is 4.86. The van der Waals surface area contributed by atoms with Crippen molar-refractivity contribution in [1.29, 1.82) is 0 Å². The van der Waals surface area contributed by atoms with Crippen LogP contribution in [-0.4, -0.2) is 35.4 Å². The number of rotatable bonds is 8. The van der Waals surface area contributed by atoms with Gasteiger partial charge in [0.1, 0.15) is 11.5 Å². The van der Waals surface area contributed by atoms with Gasteiger partial charge in [0.05, 0.1) is 25.7 Å². The van der Waals surface area contributed by atoms with E-state index >= 15 is 0 Å². The summed E-state index contributed by atoms with van der Waals surface area (Å²) >= 11 is 1.39. The number of ether oxygens (including phenoxy) is 2. The number of nitrogens with one attached hydrogen (secondary N) is 1. The van der Waals surface area contributed by atoms with Gasteiger partial charge in [0, 0.05) is 25.0 Å². The van der Waals surface area contributed by atoms with E-state index in [0.717, 1.165) is 27.9 Å². The Labute approximate surface area is 162 Å². The maximum atomic E-state index is 12.2. The van der Waals surface area contributed by atoms with E-state index in [0.29, 0.717) is 6.54 Å². The Morgan fingerprint density at radius 3 is 2.63 bits per heavy atom. The van der Waals surface area contributed by atoms with Gasteiger partial charge in [0.2, 0.25) is 5.91 Å². The fourth-order valence-corrected chi connectivity index (χ4v) is 3.32. The minimum atomic E-state index is -0.0528. The molecule has 0 radical (unpaired) electrons. The van der Waals surface area contributed by atoms with E-state index in [1.807, 2.05) is 59.3 Å². The normalized spacial score (nSPS) is 10.4. The standard InChI is InChI=1S/C20H21N3O3S/c1-25-17-7-3-5-15(11-17)13-22-19(24)14-27-20-21-9-10-23(20)16-6-4-8-18(12-16)26-2/h3-12H,13-14H2,1-2H3,(H,22,24). The lowest BCUT2D eigenvalue weighted by Gasteiger charge is -2.09. The number of aromatic nitrogens is 2. The van der Waals surface area contributed by atoms with Crippen LogP contribution in [0.5, 0.6) is 11.5 Å². The van der Waals surface area contributed by atoms with Crippen LogP contribution in [0.25, 0.3) is 5.69 Å². The molecule has 0 atom stereocenters. The molecule has 1 heterocycles. The topological polar surface area (TPSA) is 65.4 Å². The molecule has 7 heteroatoms. The highest BCUT2D eigenvalue weighted by atomic mass is 32.2. The van der Waals surface area contributed by atoms with Gasteiger partial charge >= 0.3 is 0 Å². The monoisotopic (exact) mass is 383 g/mol. The number of nitrogens with zero attached hydrogens (tertiary/aromatic N) is 2. The molecule has 6 nitrogen and oxygen atoms in total. The average Bonchev–Trinajstić information content (AvgIpc) is 3.19. The number of methoxy groups -OCH3 is 2. The van der Waals surface area contributed by atoms with Crippen molar-refractivity contribution < 1.29 is 14.3 Å². The SMILES string of the molecule is COc1cccc(CNC(=O)CSc2nccn2-c2cccc(OC)c2)c1. The molecule has 0 aliphatic rings. The van der Waals surface area contributed by atoms with Gasteiger partial charge in [-0.2, -0.15) is 0 Å². The molecule has 1 aromatic heterocycles. The smallest absolute Gasteiger partial charge is 0.230 e. The summed E-state index contributed by atoms with van der Waals surface area (Å²) in [6.45, 7) is 0.459. The molecule has 3 aromatic rings. The number of carbonyl (C=O) groups is 1. The van der Waals surface area contributed by atoms with Crippen LogP contribution in [0.2, 0.25) is 0 Å². The van der Waals surface area contributed by atoms with Crippen molar-refractivity contribution in [3.05, 3.63) is 66.5 Å². The van der Waals surface area contributed by atoms with E-state index in [1.165, 1.54) is 11.8 Å².